The van der Waals surface area contributed by atoms with Crippen LogP contribution in [0.15, 0.2) is 57.2 Å². The van der Waals surface area contributed by atoms with Crippen molar-refractivity contribution in [2.24, 2.45) is 5.92 Å². The Morgan fingerprint density at radius 2 is 1.55 bits per heavy atom. The van der Waals surface area contributed by atoms with Gasteiger partial charge in [0.05, 0.1) is 14.7 Å². The fourth-order valence-corrected chi connectivity index (χ4v) is 6.53. The zero-order chi connectivity index (χ0) is 21.1. The SMILES string of the molecule is Cc1cc(C)c(S(=O)(=O)c2ccccc2)cc1S(=O)(=O)NCCC1CCOCC1. The van der Waals surface area contributed by atoms with E-state index in [1.165, 1.54) is 18.2 Å². The minimum Gasteiger partial charge on any atom is -0.381 e. The third-order valence-electron chi connectivity index (χ3n) is 5.29. The third-order valence-corrected chi connectivity index (χ3v) is 8.81. The molecule has 1 fully saturated rings. The summed E-state index contributed by atoms with van der Waals surface area (Å²) < 4.78 is 59.8. The van der Waals surface area contributed by atoms with Gasteiger partial charge in [-0.15, -0.1) is 0 Å². The van der Waals surface area contributed by atoms with Crippen LogP contribution in [0.5, 0.6) is 0 Å². The highest BCUT2D eigenvalue weighted by molar-refractivity contribution is 7.91. The van der Waals surface area contributed by atoms with Gasteiger partial charge in [-0.2, -0.15) is 0 Å². The molecule has 8 heteroatoms. The molecule has 29 heavy (non-hydrogen) atoms. The van der Waals surface area contributed by atoms with E-state index in [4.69, 9.17) is 4.74 Å². The molecule has 0 unspecified atom stereocenters. The van der Waals surface area contributed by atoms with E-state index in [0.29, 0.717) is 23.6 Å². The Hall–Kier alpha value is -1.74. The van der Waals surface area contributed by atoms with Crippen LogP contribution in [0.1, 0.15) is 30.4 Å². The van der Waals surface area contributed by atoms with E-state index in [2.05, 4.69) is 4.72 Å². The summed E-state index contributed by atoms with van der Waals surface area (Å²) in [6.45, 7) is 5.11. The lowest BCUT2D eigenvalue weighted by molar-refractivity contribution is 0.0644. The van der Waals surface area contributed by atoms with Gasteiger partial charge >= 0.3 is 0 Å². The zero-order valence-electron chi connectivity index (χ0n) is 16.7. The second-order valence-corrected chi connectivity index (χ2v) is 11.1. The van der Waals surface area contributed by atoms with Gasteiger partial charge in [0.15, 0.2) is 0 Å². The van der Waals surface area contributed by atoms with Crippen LogP contribution in [0.25, 0.3) is 0 Å². The van der Waals surface area contributed by atoms with Gasteiger partial charge in [-0.3, -0.25) is 0 Å². The number of rotatable bonds is 7. The molecule has 2 aromatic rings. The summed E-state index contributed by atoms with van der Waals surface area (Å²) in [7, 11) is -7.63. The predicted molar refractivity (Wildman–Crippen MR) is 111 cm³/mol. The molecular formula is C21H27NO5S2. The van der Waals surface area contributed by atoms with Crippen molar-refractivity contribution in [1.82, 2.24) is 4.72 Å². The second-order valence-electron chi connectivity index (χ2n) is 7.44. The molecule has 2 aromatic carbocycles. The van der Waals surface area contributed by atoms with Crippen molar-refractivity contribution < 1.29 is 21.6 Å². The minimum atomic E-state index is -3.82. The summed E-state index contributed by atoms with van der Waals surface area (Å²) >= 11 is 0. The maximum Gasteiger partial charge on any atom is 0.240 e. The predicted octanol–water partition coefficient (Wildman–Crippen LogP) is 3.23. The summed E-state index contributed by atoms with van der Waals surface area (Å²) in [5, 5.41) is 0. The van der Waals surface area contributed by atoms with Crippen LogP contribution in [0.4, 0.5) is 0 Å². The van der Waals surface area contributed by atoms with Gasteiger partial charge in [0.1, 0.15) is 0 Å². The Morgan fingerprint density at radius 3 is 2.21 bits per heavy atom. The monoisotopic (exact) mass is 437 g/mol. The zero-order valence-corrected chi connectivity index (χ0v) is 18.4. The first-order valence-electron chi connectivity index (χ1n) is 9.70. The number of aryl methyl sites for hydroxylation is 2. The number of ether oxygens (including phenoxy) is 1. The Morgan fingerprint density at radius 1 is 0.931 bits per heavy atom. The van der Waals surface area contributed by atoms with Crippen molar-refractivity contribution in [2.75, 3.05) is 19.8 Å². The molecule has 6 nitrogen and oxygen atoms in total. The van der Waals surface area contributed by atoms with Crippen LogP contribution in [0, 0.1) is 19.8 Å². The maximum absolute atomic E-state index is 13.0. The molecular weight excluding hydrogens is 410 g/mol. The van der Waals surface area contributed by atoms with E-state index in [-0.39, 0.29) is 14.7 Å². The van der Waals surface area contributed by atoms with E-state index in [0.717, 1.165) is 32.5 Å². The molecule has 0 amide bonds. The maximum atomic E-state index is 13.0. The average molecular weight is 438 g/mol. The standard InChI is InChI=1S/C21H27NO5S2/c1-16-14-17(2)21(15-20(16)28(23,24)19-6-4-3-5-7-19)29(25,26)22-11-8-18-9-12-27-13-10-18/h3-7,14-15,18,22H,8-13H2,1-2H3. The first-order chi connectivity index (χ1) is 13.7. The summed E-state index contributed by atoms with van der Waals surface area (Å²) in [5.74, 6) is 0.444. The number of hydrogen-bond acceptors (Lipinski definition) is 5. The molecule has 1 aliphatic rings. The van der Waals surface area contributed by atoms with Gasteiger partial charge in [0, 0.05) is 19.8 Å². The molecule has 158 valence electrons. The molecule has 0 aliphatic carbocycles. The van der Waals surface area contributed by atoms with Crippen molar-refractivity contribution in [2.45, 2.75) is 47.8 Å². The van der Waals surface area contributed by atoms with Gasteiger partial charge in [0.25, 0.3) is 0 Å². The Balaban J connectivity index is 1.86. The van der Waals surface area contributed by atoms with Crippen LogP contribution in [-0.4, -0.2) is 36.6 Å². The first kappa shape index (κ1) is 22.0. The minimum absolute atomic E-state index is 0.00424. The van der Waals surface area contributed by atoms with E-state index in [1.807, 2.05) is 0 Å². The summed E-state index contributed by atoms with van der Waals surface area (Å²) in [4.78, 5) is 0.159. The number of nitrogens with one attached hydrogen (secondary N) is 1. The fourth-order valence-electron chi connectivity index (χ4n) is 3.63. The van der Waals surface area contributed by atoms with Crippen molar-refractivity contribution in [1.29, 1.82) is 0 Å². The molecule has 0 bridgehead atoms. The lowest BCUT2D eigenvalue weighted by atomic mass is 9.97. The average Bonchev–Trinajstić information content (AvgIpc) is 2.69. The van der Waals surface area contributed by atoms with Crippen molar-refractivity contribution in [3.8, 4) is 0 Å². The highest BCUT2D eigenvalue weighted by Crippen LogP contribution is 2.28. The molecule has 0 saturated carbocycles. The largest absolute Gasteiger partial charge is 0.381 e. The summed E-state index contributed by atoms with van der Waals surface area (Å²) in [5.41, 5.74) is 1.04. The van der Waals surface area contributed by atoms with Gasteiger partial charge in [-0.25, -0.2) is 21.6 Å². The highest BCUT2D eigenvalue weighted by atomic mass is 32.2. The van der Waals surface area contributed by atoms with E-state index in [1.54, 1.807) is 38.1 Å². The van der Waals surface area contributed by atoms with Crippen molar-refractivity contribution in [3.63, 3.8) is 0 Å². The Bertz CT molecular complexity index is 1060. The van der Waals surface area contributed by atoms with Crippen LogP contribution >= 0.6 is 0 Å². The summed E-state index contributed by atoms with van der Waals surface area (Å²) in [6.07, 6.45) is 2.61. The summed E-state index contributed by atoms with van der Waals surface area (Å²) in [6, 6.07) is 10.9. The first-order valence-corrected chi connectivity index (χ1v) is 12.7. The molecule has 0 radical (unpaired) electrons. The normalized spacial score (nSPS) is 16.1. The van der Waals surface area contributed by atoms with E-state index >= 15 is 0 Å². The molecule has 0 aromatic heterocycles. The smallest absolute Gasteiger partial charge is 0.240 e. The van der Waals surface area contributed by atoms with Crippen LogP contribution in [0.3, 0.4) is 0 Å². The Labute approximate surface area is 173 Å². The fraction of sp³-hybridized carbons (Fsp3) is 0.429. The lowest BCUT2D eigenvalue weighted by Crippen LogP contribution is -2.28. The molecule has 1 saturated heterocycles. The second kappa shape index (κ2) is 8.95. The molecule has 3 rings (SSSR count). The van der Waals surface area contributed by atoms with E-state index in [9.17, 15) is 16.8 Å². The quantitative estimate of drug-likeness (QED) is 0.718. The van der Waals surface area contributed by atoms with Crippen LogP contribution < -0.4 is 4.72 Å². The van der Waals surface area contributed by atoms with Crippen LogP contribution in [0.2, 0.25) is 0 Å². The van der Waals surface area contributed by atoms with Gasteiger partial charge in [-0.1, -0.05) is 24.3 Å². The lowest BCUT2D eigenvalue weighted by Gasteiger charge is -2.22. The topological polar surface area (TPSA) is 89.5 Å². The van der Waals surface area contributed by atoms with Crippen LogP contribution in [-0.2, 0) is 24.6 Å². The van der Waals surface area contributed by atoms with Crippen molar-refractivity contribution >= 4 is 19.9 Å². The van der Waals surface area contributed by atoms with Gasteiger partial charge < -0.3 is 4.74 Å². The molecule has 1 N–H and O–H groups in total. The third kappa shape index (κ3) is 5.06. The molecule has 0 atom stereocenters. The van der Waals surface area contributed by atoms with E-state index < -0.39 is 19.9 Å². The Kier molecular flexibility index (Phi) is 6.78. The molecule has 1 heterocycles. The number of hydrogen-bond donors (Lipinski definition) is 1. The highest BCUT2D eigenvalue weighted by Gasteiger charge is 2.25. The van der Waals surface area contributed by atoms with Gasteiger partial charge in [0.2, 0.25) is 19.9 Å². The number of benzene rings is 2. The van der Waals surface area contributed by atoms with Crippen molar-refractivity contribution in [3.05, 3.63) is 53.6 Å². The number of sulfonamides is 1. The molecule has 1 aliphatic heterocycles. The molecule has 0 spiro atoms. The van der Waals surface area contributed by atoms with Gasteiger partial charge in [-0.05, 0) is 68.4 Å². The number of sulfone groups is 1.